The lowest BCUT2D eigenvalue weighted by atomic mass is 10.1. The van der Waals surface area contributed by atoms with Crippen LogP contribution in [0, 0.1) is 0 Å². The summed E-state index contributed by atoms with van der Waals surface area (Å²) in [6.07, 6.45) is 4.51. The van der Waals surface area contributed by atoms with Crippen LogP contribution in [0.2, 0.25) is 0 Å². The molecule has 0 saturated carbocycles. The van der Waals surface area contributed by atoms with Crippen LogP contribution in [0.25, 0.3) is 0 Å². The van der Waals surface area contributed by atoms with E-state index in [1.54, 1.807) is 30.6 Å². The molecule has 0 spiro atoms. The summed E-state index contributed by atoms with van der Waals surface area (Å²) >= 11 is 0. The van der Waals surface area contributed by atoms with E-state index in [0.29, 0.717) is 28.9 Å². The van der Waals surface area contributed by atoms with Crippen molar-refractivity contribution in [1.82, 2.24) is 4.98 Å². The summed E-state index contributed by atoms with van der Waals surface area (Å²) in [7, 11) is 1.98. The lowest BCUT2D eigenvalue weighted by molar-refractivity contribution is 0.101. The maximum absolute atomic E-state index is 12.7. The van der Waals surface area contributed by atoms with Crippen molar-refractivity contribution < 1.29 is 14.7 Å². The van der Waals surface area contributed by atoms with E-state index in [4.69, 9.17) is 0 Å². The first-order valence-corrected chi connectivity index (χ1v) is 12.6. The van der Waals surface area contributed by atoms with Gasteiger partial charge in [0.15, 0.2) is 0 Å². The van der Waals surface area contributed by atoms with Gasteiger partial charge in [-0.1, -0.05) is 6.92 Å². The van der Waals surface area contributed by atoms with Crippen LogP contribution in [0.3, 0.4) is 0 Å². The quantitative estimate of drug-likeness (QED) is 0.173. The molecular formula is C30H33N5O3. The first kappa shape index (κ1) is 26.5. The number of hydrogen-bond donors (Lipinski definition) is 5. The van der Waals surface area contributed by atoms with Gasteiger partial charge in [-0.15, -0.1) is 0 Å². The molecule has 0 aliphatic rings. The molecule has 1 aromatic heterocycles. The largest absolute Gasteiger partial charge is 0.393 e. The normalized spacial score (nSPS) is 11.4. The lowest BCUT2D eigenvalue weighted by Crippen LogP contribution is -2.22. The van der Waals surface area contributed by atoms with Gasteiger partial charge in [0.1, 0.15) is 0 Å². The number of H-pyrrole nitrogens is 1. The van der Waals surface area contributed by atoms with E-state index in [0.717, 1.165) is 30.0 Å². The van der Waals surface area contributed by atoms with E-state index in [1.807, 2.05) is 74.6 Å². The third-order valence-corrected chi connectivity index (χ3v) is 6.27. The number of nitrogens with zero attached hydrogens (tertiary/aromatic N) is 1. The van der Waals surface area contributed by atoms with Crippen molar-refractivity contribution >= 4 is 40.3 Å². The number of aliphatic hydroxyl groups excluding tert-OH is 1. The number of aromatic amines is 1. The molecular weight excluding hydrogens is 478 g/mol. The van der Waals surface area contributed by atoms with Crippen LogP contribution >= 0.6 is 0 Å². The third kappa shape index (κ3) is 7.24. The van der Waals surface area contributed by atoms with Crippen LogP contribution in [0.15, 0.2) is 91.3 Å². The van der Waals surface area contributed by atoms with Crippen molar-refractivity contribution in [2.24, 2.45) is 0 Å². The number of hydrogen-bond acceptors (Lipinski definition) is 5. The van der Waals surface area contributed by atoms with Gasteiger partial charge in [-0.3, -0.25) is 9.59 Å². The minimum Gasteiger partial charge on any atom is -0.393 e. The Morgan fingerprint density at radius 1 is 0.789 bits per heavy atom. The smallest absolute Gasteiger partial charge is 0.257 e. The zero-order chi connectivity index (χ0) is 26.9. The highest BCUT2D eigenvalue weighted by Gasteiger charge is 2.10. The predicted molar refractivity (Wildman–Crippen MR) is 153 cm³/mol. The van der Waals surface area contributed by atoms with Crippen LogP contribution in [0.1, 0.15) is 40.5 Å². The van der Waals surface area contributed by atoms with Crippen LogP contribution in [0.5, 0.6) is 0 Å². The number of carbonyl (C=O) groups excluding carboxylic acids is 2. The van der Waals surface area contributed by atoms with Gasteiger partial charge in [-0.25, -0.2) is 0 Å². The van der Waals surface area contributed by atoms with Gasteiger partial charge in [-0.2, -0.15) is 0 Å². The monoisotopic (exact) mass is 511 g/mol. The minimum atomic E-state index is -0.292. The number of amides is 2. The highest BCUT2D eigenvalue weighted by atomic mass is 16.3. The fourth-order valence-electron chi connectivity index (χ4n) is 3.86. The molecule has 38 heavy (non-hydrogen) atoms. The van der Waals surface area contributed by atoms with E-state index in [2.05, 4.69) is 25.8 Å². The molecule has 4 rings (SSSR count). The molecule has 196 valence electrons. The summed E-state index contributed by atoms with van der Waals surface area (Å²) in [5.41, 5.74) is 5.28. The molecule has 5 N–H and O–H groups in total. The molecule has 0 aliphatic heterocycles. The molecule has 1 heterocycles. The molecule has 8 heteroatoms. The highest BCUT2D eigenvalue weighted by Crippen LogP contribution is 2.22. The summed E-state index contributed by atoms with van der Waals surface area (Å²) in [6.45, 7) is 2.71. The van der Waals surface area contributed by atoms with E-state index in [-0.39, 0.29) is 17.9 Å². The Morgan fingerprint density at radius 2 is 1.32 bits per heavy atom. The predicted octanol–water partition coefficient (Wildman–Crippen LogP) is 5.86. The van der Waals surface area contributed by atoms with Crippen LogP contribution < -0.4 is 20.9 Å². The Morgan fingerprint density at radius 3 is 1.82 bits per heavy atom. The molecule has 0 bridgehead atoms. The minimum absolute atomic E-state index is 0.170. The van der Waals surface area contributed by atoms with Crippen molar-refractivity contribution in [2.45, 2.75) is 25.9 Å². The van der Waals surface area contributed by atoms with Gasteiger partial charge < -0.3 is 30.9 Å². The second-order valence-electron chi connectivity index (χ2n) is 9.11. The SMILES string of the molecule is CCC(O)CCN(C)c1ccc(C(=O)Nc2ccc(Nc3ccc(NC(=O)c4cc[nH]c4)cc3)cc2)cc1. The zero-order valence-electron chi connectivity index (χ0n) is 21.6. The van der Waals surface area contributed by atoms with Crippen molar-refractivity contribution in [3.8, 4) is 0 Å². The Hall–Kier alpha value is -4.56. The van der Waals surface area contributed by atoms with Crippen molar-refractivity contribution in [3.63, 3.8) is 0 Å². The molecule has 0 radical (unpaired) electrons. The van der Waals surface area contributed by atoms with Crippen molar-refractivity contribution in [2.75, 3.05) is 34.4 Å². The van der Waals surface area contributed by atoms with Gasteiger partial charge in [-0.05, 0) is 91.7 Å². The lowest BCUT2D eigenvalue weighted by Gasteiger charge is -2.21. The highest BCUT2D eigenvalue weighted by molar-refractivity contribution is 6.05. The van der Waals surface area contributed by atoms with E-state index in [1.165, 1.54) is 0 Å². The Labute approximate surface area is 222 Å². The van der Waals surface area contributed by atoms with Gasteiger partial charge in [0.2, 0.25) is 0 Å². The molecule has 3 aromatic carbocycles. The molecule has 4 aromatic rings. The van der Waals surface area contributed by atoms with Gasteiger partial charge in [0, 0.05) is 60.0 Å². The van der Waals surface area contributed by atoms with Crippen molar-refractivity contribution in [3.05, 3.63) is 102 Å². The zero-order valence-corrected chi connectivity index (χ0v) is 21.6. The number of nitrogens with one attached hydrogen (secondary N) is 4. The Bertz CT molecular complexity index is 1320. The summed E-state index contributed by atoms with van der Waals surface area (Å²) in [5, 5.41) is 18.9. The number of carbonyl (C=O) groups is 2. The topological polar surface area (TPSA) is 109 Å². The first-order valence-electron chi connectivity index (χ1n) is 12.6. The summed E-state index contributed by atoms with van der Waals surface area (Å²) in [6, 6.07) is 24.0. The first-order chi connectivity index (χ1) is 18.4. The number of anilines is 5. The maximum atomic E-state index is 12.7. The standard InChI is InChI=1S/C30H33N5O3/c1-3-28(36)17-19-35(2)27-14-4-21(5-15-27)29(37)33-25-10-6-23(7-11-25)32-24-8-12-26(13-9-24)34-30(38)22-16-18-31-20-22/h4-16,18,20,28,31-32,36H,3,17,19H2,1-2H3,(H,33,37)(H,34,38). The summed E-state index contributed by atoms with van der Waals surface area (Å²) in [5.74, 6) is -0.352. The molecule has 1 unspecified atom stereocenters. The fourth-order valence-corrected chi connectivity index (χ4v) is 3.86. The van der Waals surface area contributed by atoms with Crippen LogP contribution in [-0.2, 0) is 0 Å². The third-order valence-electron chi connectivity index (χ3n) is 6.27. The average Bonchev–Trinajstić information content (AvgIpc) is 3.49. The average molecular weight is 512 g/mol. The molecule has 0 saturated heterocycles. The molecule has 2 amide bonds. The summed E-state index contributed by atoms with van der Waals surface area (Å²) in [4.78, 5) is 29.8. The van der Waals surface area contributed by atoms with Gasteiger partial charge in [0.05, 0.1) is 11.7 Å². The second-order valence-corrected chi connectivity index (χ2v) is 9.11. The Kier molecular flexibility index (Phi) is 8.79. The number of aliphatic hydroxyl groups is 1. The number of benzene rings is 3. The van der Waals surface area contributed by atoms with Gasteiger partial charge in [0.25, 0.3) is 11.8 Å². The molecule has 0 aliphatic carbocycles. The van der Waals surface area contributed by atoms with Gasteiger partial charge >= 0.3 is 0 Å². The van der Waals surface area contributed by atoms with Crippen molar-refractivity contribution in [1.29, 1.82) is 0 Å². The number of aromatic nitrogens is 1. The summed E-state index contributed by atoms with van der Waals surface area (Å²) < 4.78 is 0. The van der Waals surface area contributed by atoms with E-state index in [9.17, 15) is 14.7 Å². The maximum Gasteiger partial charge on any atom is 0.257 e. The van der Waals surface area contributed by atoms with E-state index < -0.39 is 0 Å². The molecule has 0 fully saturated rings. The van der Waals surface area contributed by atoms with Crippen LogP contribution in [0.4, 0.5) is 28.4 Å². The Balaban J connectivity index is 1.28. The number of rotatable bonds is 11. The van der Waals surface area contributed by atoms with Crippen LogP contribution in [-0.4, -0.2) is 41.6 Å². The molecule has 1 atom stereocenters. The molecule has 8 nitrogen and oxygen atoms in total. The fraction of sp³-hybridized carbons (Fsp3) is 0.200. The second kappa shape index (κ2) is 12.6. The van der Waals surface area contributed by atoms with E-state index >= 15 is 0 Å².